The molecule has 144 valence electrons. The van der Waals surface area contributed by atoms with Crippen LogP contribution in [0.3, 0.4) is 0 Å². The lowest BCUT2D eigenvalue weighted by Crippen LogP contribution is -2.18. The van der Waals surface area contributed by atoms with Crippen LogP contribution in [0, 0.1) is 0 Å². The monoisotopic (exact) mass is 425 g/mol. The minimum Gasteiger partial charge on any atom is -0.326 e. The molecule has 0 radical (unpaired) electrons. The molecule has 1 amide bonds. The summed E-state index contributed by atoms with van der Waals surface area (Å²) in [6.45, 7) is 0. The van der Waals surface area contributed by atoms with E-state index in [1.165, 1.54) is 17.4 Å². The Morgan fingerprint density at radius 2 is 1.85 bits per heavy atom. The summed E-state index contributed by atoms with van der Waals surface area (Å²) in [5.74, 6) is -0.471. The Bertz CT molecular complexity index is 946. The van der Waals surface area contributed by atoms with Gasteiger partial charge in [0.05, 0.1) is 19.4 Å². The van der Waals surface area contributed by atoms with Gasteiger partial charge in [-0.1, -0.05) is 30.5 Å². The van der Waals surface area contributed by atoms with Gasteiger partial charge in [0.15, 0.2) is 15.6 Å². The molecule has 1 heterocycles. The second-order valence-electron chi connectivity index (χ2n) is 6.55. The van der Waals surface area contributed by atoms with Gasteiger partial charge in [-0.05, 0) is 43.2 Å². The maximum atomic E-state index is 12.7. The number of anilines is 1. The third-order valence-corrected chi connectivity index (χ3v) is 8.15. The maximum absolute atomic E-state index is 12.7. The predicted molar refractivity (Wildman–Crippen MR) is 107 cm³/mol. The number of hydrogen-bond acceptors (Lipinski definition) is 5. The zero-order valence-electron chi connectivity index (χ0n) is 14.6. The Kier molecular flexibility index (Phi) is 6.34. The van der Waals surface area contributed by atoms with Crippen molar-refractivity contribution in [1.82, 2.24) is 0 Å². The van der Waals surface area contributed by atoms with Crippen molar-refractivity contribution in [3.63, 3.8) is 0 Å². The van der Waals surface area contributed by atoms with Gasteiger partial charge in [0, 0.05) is 18.5 Å². The van der Waals surface area contributed by atoms with Gasteiger partial charge in [0.25, 0.3) is 0 Å². The van der Waals surface area contributed by atoms with Crippen molar-refractivity contribution >= 4 is 50.2 Å². The van der Waals surface area contributed by atoms with Gasteiger partial charge in [0.2, 0.25) is 5.91 Å². The molecule has 0 saturated heterocycles. The molecule has 3 rings (SSSR count). The van der Waals surface area contributed by atoms with Crippen LogP contribution in [0.25, 0.3) is 0 Å². The first-order valence-electron chi connectivity index (χ1n) is 8.78. The molecule has 0 aliphatic heterocycles. The zero-order chi connectivity index (χ0) is 19.4. The average molecular weight is 426 g/mol. The number of carbonyl (C=O) groups is 2. The van der Waals surface area contributed by atoms with Crippen molar-refractivity contribution in [2.24, 2.45) is 0 Å². The largest absolute Gasteiger partial charge is 0.326 e. The van der Waals surface area contributed by atoms with E-state index in [4.69, 9.17) is 11.6 Å². The zero-order valence-corrected chi connectivity index (χ0v) is 17.0. The second-order valence-corrected chi connectivity index (χ2v) is 10.5. The number of benzene rings is 1. The molecule has 1 aliphatic carbocycles. The van der Waals surface area contributed by atoms with E-state index < -0.39 is 9.84 Å². The fourth-order valence-electron chi connectivity index (χ4n) is 3.18. The van der Waals surface area contributed by atoms with E-state index in [-0.39, 0.29) is 34.7 Å². The predicted octanol–water partition coefficient (Wildman–Crippen LogP) is 4.72. The van der Waals surface area contributed by atoms with Crippen molar-refractivity contribution in [2.75, 3.05) is 5.32 Å². The average Bonchev–Trinajstić information content (AvgIpc) is 3.32. The van der Waals surface area contributed by atoms with Crippen molar-refractivity contribution in [1.29, 1.82) is 0 Å². The SMILES string of the molecule is O=C(CCC(=O)c1ccc(Cl)s1)Nc1cccc(S(=O)(=O)C2CCCC2)c1. The van der Waals surface area contributed by atoms with Crippen molar-refractivity contribution < 1.29 is 18.0 Å². The number of sulfone groups is 1. The van der Waals surface area contributed by atoms with Crippen LogP contribution in [-0.4, -0.2) is 25.4 Å². The van der Waals surface area contributed by atoms with Gasteiger partial charge in [-0.25, -0.2) is 8.42 Å². The van der Waals surface area contributed by atoms with Crippen LogP contribution in [0.4, 0.5) is 5.69 Å². The number of Topliss-reactive ketones (excluding diaryl/α,β-unsaturated/α-hetero) is 1. The highest BCUT2D eigenvalue weighted by atomic mass is 35.5. The smallest absolute Gasteiger partial charge is 0.224 e. The maximum Gasteiger partial charge on any atom is 0.224 e. The fourth-order valence-corrected chi connectivity index (χ4v) is 6.09. The topological polar surface area (TPSA) is 80.3 Å². The highest BCUT2D eigenvalue weighted by Crippen LogP contribution is 2.30. The standard InChI is InChI=1S/C19H20ClNO4S2/c20-18-10-9-17(26-18)16(22)8-11-19(23)21-13-4-3-7-15(12-13)27(24,25)14-5-1-2-6-14/h3-4,7,9-10,12,14H,1-2,5-6,8,11H2,(H,21,23). The summed E-state index contributed by atoms with van der Waals surface area (Å²) < 4.78 is 25.9. The molecule has 1 aliphatic rings. The molecule has 27 heavy (non-hydrogen) atoms. The molecule has 1 fully saturated rings. The Balaban J connectivity index is 1.60. The van der Waals surface area contributed by atoms with E-state index in [0.717, 1.165) is 12.8 Å². The number of nitrogens with one attached hydrogen (secondary N) is 1. The highest BCUT2D eigenvalue weighted by molar-refractivity contribution is 7.92. The summed E-state index contributed by atoms with van der Waals surface area (Å²) in [5, 5.41) is 2.34. The number of halogens is 1. The summed E-state index contributed by atoms with van der Waals surface area (Å²) >= 11 is 7.00. The molecule has 0 atom stereocenters. The summed E-state index contributed by atoms with van der Waals surface area (Å²) in [4.78, 5) is 24.9. The number of rotatable bonds is 7. The number of ketones is 1. The Morgan fingerprint density at radius 3 is 2.52 bits per heavy atom. The van der Waals surface area contributed by atoms with Crippen LogP contribution in [-0.2, 0) is 14.6 Å². The quantitative estimate of drug-likeness (QED) is 0.651. The molecule has 0 unspecified atom stereocenters. The van der Waals surface area contributed by atoms with E-state index in [1.807, 2.05) is 0 Å². The van der Waals surface area contributed by atoms with Crippen LogP contribution in [0.1, 0.15) is 48.2 Å². The first kappa shape index (κ1) is 20.0. The molecule has 5 nitrogen and oxygen atoms in total. The number of amides is 1. The van der Waals surface area contributed by atoms with Gasteiger partial charge in [0.1, 0.15) is 0 Å². The van der Waals surface area contributed by atoms with Crippen LogP contribution >= 0.6 is 22.9 Å². The summed E-state index contributed by atoms with van der Waals surface area (Å²) in [6, 6.07) is 9.61. The van der Waals surface area contributed by atoms with E-state index in [2.05, 4.69) is 5.32 Å². The second kappa shape index (κ2) is 8.54. The van der Waals surface area contributed by atoms with Crippen LogP contribution in [0.15, 0.2) is 41.3 Å². The third kappa shape index (κ3) is 4.97. The number of hydrogen-bond donors (Lipinski definition) is 1. The third-order valence-electron chi connectivity index (χ3n) is 4.61. The lowest BCUT2D eigenvalue weighted by Gasteiger charge is -2.12. The van der Waals surface area contributed by atoms with E-state index in [0.29, 0.717) is 27.7 Å². The highest BCUT2D eigenvalue weighted by Gasteiger charge is 2.30. The normalized spacial score (nSPS) is 15.0. The van der Waals surface area contributed by atoms with Crippen molar-refractivity contribution in [3.05, 3.63) is 45.6 Å². The minimum absolute atomic E-state index is 0.0218. The molecule has 0 spiro atoms. The van der Waals surface area contributed by atoms with Crippen LogP contribution in [0.5, 0.6) is 0 Å². The van der Waals surface area contributed by atoms with Crippen molar-refractivity contribution in [2.45, 2.75) is 48.7 Å². The number of carbonyl (C=O) groups excluding carboxylic acids is 2. The molecule has 1 saturated carbocycles. The van der Waals surface area contributed by atoms with Gasteiger partial charge in [-0.15, -0.1) is 11.3 Å². The lowest BCUT2D eigenvalue weighted by atomic mass is 10.2. The van der Waals surface area contributed by atoms with E-state index >= 15 is 0 Å². The molecule has 1 aromatic carbocycles. The molecule has 0 bridgehead atoms. The Morgan fingerprint density at radius 1 is 1.11 bits per heavy atom. The van der Waals surface area contributed by atoms with Gasteiger partial charge in [-0.3, -0.25) is 9.59 Å². The van der Waals surface area contributed by atoms with Crippen LogP contribution in [0.2, 0.25) is 4.34 Å². The van der Waals surface area contributed by atoms with Crippen LogP contribution < -0.4 is 5.32 Å². The minimum atomic E-state index is -3.37. The first-order chi connectivity index (χ1) is 12.9. The molecular weight excluding hydrogens is 406 g/mol. The van der Waals surface area contributed by atoms with Crippen molar-refractivity contribution in [3.8, 4) is 0 Å². The summed E-state index contributed by atoms with van der Waals surface area (Å²) in [5.41, 5.74) is 0.422. The van der Waals surface area contributed by atoms with Gasteiger partial charge < -0.3 is 5.32 Å². The number of thiophene rings is 1. The molecule has 1 N–H and O–H groups in total. The molecule has 8 heteroatoms. The Hall–Kier alpha value is -1.70. The molecular formula is C19H20ClNO4S2. The van der Waals surface area contributed by atoms with Gasteiger partial charge >= 0.3 is 0 Å². The molecule has 2 aromatic rings. The molecule has 1 aromatic heterocycles. The van der Waals surface area contributed by atoms with E-state index in [1.54, 1.807) is 30.3 Å². The van der Waals surface area contributed by atoms with Gasteiger partial charge in [-0.2, -0.15) is 0 Å². The summed E-state index contributed by atoms with van der Waals surface area (Å²) in [7, 11) is -3.37. The fraction of sp³-hybridized carbons (Fsp3) is 0.368. The Labute approximate surface area is 167 Å². The van der Waals surface area contributed by atoms with E-state index in [9.17, 15) is 18.0 Å². The lowest BCUT2D eigenvalue weighted by molar-refractivity contribution is -0.116. The summed E-state index contributed by atoms with van der Waals surface area (Å²) in [6.07, 6.45) is 3.34. The first-order valence-corrected chi connectivity index (χ1v) is 11.5.